The zero-order chi connectivity index (χ0) is 9.02. The second kappa shape index (κ2) is 4.18. The smallest absolute Gasteiger partial charge is 0.325 e. The molecule has 0 aliphatic carbocycles. The van der Waals surface area contributed by atoms with Crippen molar-refractivity contribution in [1.82, 2.24) is 5.32 Å². The molecule has 4 nitrogen and oxygen atoms in total. The summed E-state index contributed by atoms with van der Waals surface area (Å²) in [5.74, 6) is -1.54. The number of nitrogens with one attached hydrogen (secondary N) is 1. The third-order valence-corrected chi connectivity index (χ3v) is 1.29. The van der Waals surface area contributed by atoms with E-state index >= 15 is 0 Å². The Morgan fingerprint density at radius 3 is 2.18 bits per heavy atom. The SMILES string of the molecule is C[C@@H](Cl)C(=O)N[C@H](C)C(=O)O. The first-order valence-electron chi connectivity index (χ1n) is 3.12. The van der Waals surface area contributed by atoms with Gasteiger partial charge in [0.2, 0.25) is 5.91 Å². The van der Waals surface area contributed by atoms with Crippen LogP contribution < -0.4 is 5.32 Å². The van der Waals surface area contributed by atoms with Gasteiger partial charge in [-0.15, -0.1) is 11.6 Å². The highest BCUT2D eigenvalue weighted by molar-refractivity contribution is 6.30. The zero-order valence-corrected chi connectivity index (χ0v) is 7.05. The summed E-state index contributed by atoms with van der Waals surface area (Å²) in [5.41, 5.74) is 0. The first kappa shape index (κ1) is 10.2. The lowest BCUT2D eigenvalue weighted by molar-refractivity contribution is -0.141. The van der Waals surface area contributed by atoms with Crippen molar-refractivity contribution in [2.45, 2.75) is 25.3 Å². The molecular formula is C6H10ClNO3. The Morgan fingerprint density at radius 1 is 1.45 bits per heavy atom. The molecule has 5 heteroatoms. The molecule has 11 heavy (non-hydrogen) atoms. The minimum atomic E-state index is -1.07. The molecule has 0 fully saturated rings. The van der Waals surface area contributed by atoms with Crippen molar-refractivity contribution < 1.29 is 14.7 Å². The summed E-state index contributed by atoms with van der Waals surface area (Å²) in [5, 5.41) is 9.87. The number of hydrogen-bond donors (Lipinski definition) is 2. The van der Waals surface area contributed by atoms with Crippen molar-refractivity contribution in [2.75, 3.05) is 0 Å². The maximum atomic E-state index is 10.8. The van der Waals surface area contributed by atoms with E-state index in [1.807, 2.05) is 0 Å². The second-order valence-corrected chi connectivity index (χ2v) is 2.84. The number of amides is 1. The normalized spacial score (nSPS) is 15.2. The van der Waals surface area contributed by atoms with Crippen LogP contribution in [0.15, 0.2) is 0 Å². The molecule has 0 radical (unpaired) electrons. The van der Waals surface area contributed by atoms with Gasteiger partial charge in [0.25, 0.3) is 0 Å². The first-order chi connectivity index (χ1) is 4.95. The number of hydrogen-bond acceptors (Lipinski definition) is 2. The molecule has 0 aromatic heterocycles. The van der Waals surface area contributed by atoms with E-state index in [4.69, 9.17) is 16.7 Å². The van der Waals surface area contributed by atoms with Crippen LogP contribution in [-0.4, -0.2) is 28.4 Å². The van der Waals surface area contributed by atoms with Gasteiger partial charge >= 0.3 is 5.97 Å². The van der Waals surface area contributed by atoms with Crippen LogP contribution in [0.3, 0.4) is 0 Å². The third-order valence-electron chi connectivity index (χ3n) is 1.09. The maximum absolute atomic E-state index is 10.8. The van der Waals surface area contributed by atoms with Gasteiger partial charge in [-0.2, -0.15) is 0 Å². The van der Waals surface area contributed by atoms with Crippen molar-refractivity contribution in [3.63, 3.8) is 0 Å². The van der Waals surface area contributed by atoms with E-state index in [0.717, 1.165) is 0 Å². The maximum Gasteiger partial charge on any atom is 0.325 e. The summed E-state index contributed by atoms with van der Waals surface area (Å²) in [6.07, 6.45) is 0. The Kier molecular flexibility index (Phi) is 3.89. The van der Waals surface area contributed by atoms with Gasteiger partial charge in [-0.3, -0.25) is 9.59 Å². The highest BCUT2D eigenvalue weighted by atomic mass is 35.5. The van der Waals surface area contributed by atoms with Crippen LogP contribution in [0.1, 0.15) is 13.8 Å². The fourth-order valence-corrected chi connectivity index (χ4v) is 0.453. The minimum Gasteiger partial charge on any atom is -0.480 e. The molecule has 0 saturated heterocycles. The monoisotopic (exact) mass is 179 g/mol. The average Bonchev–Trinajstić information content (AvgIpc) is 1.87. The quantitative estimate of drug-likeness (QED) is 0.609. The summed E-state index contributed by atoms with van der Waals surface area (Å²) in [6, 6.07) is -0.885. The number of rotatable bonds is 3. The molecule has 0 spiro atoms. The Labute approximate surface area is 69.5 Å². The van der Waals surface area contributed by atoms with Gasteiger partial charge in [-0.25, -0.2) is 0 Å². The van der Waals surface area contributed by atoms with Crippen molar-refractivity contribution in [3.05, 3.63) is 0 Å². The summed E-state index contributed by atoms with van der Waals surface area (Å²) < 4.78 is 0. The van der Waals surface area contributed by atoms with Gasteiger partial charge in [-0.1, -0.05) is 0 Å². The van der Waals surface area contributed by atoms with Crippen LogP contribution in [0.4, 0.5) is 0 Å². The topological polar surface area (TPSA) is 66.4 Å². The molecule has 0 aliphatic rings. The predicted molar refractivity (Wildman–Crippen MR) is 40.6 cm³/mol. The van der Waals surface area contributed by atoms with E-state index in [1.54, 1.807) is 0 Å². The van der Waals surface area contributed by atoms with Crippen LogP contribution in [0.5, 0.6) is 0 Å². The zero-order valence-electron chi connectivity index (χ0n) is 6.30. The standard InChI is InChI=1S/C6H10ClNO3/c1-3(7)5(9)8-4(2)6(10)11/h3-4H,1-2H3,(H,8,9)(H,10,11)/t3-,4-/m1/s1. The fraction of sp³-hybridized carbons (Fsp3) is 0.667. The van der Waals surface area contributed by atoms with E-state index in [-0.39, 0.29) is 0 Å². The number of carbonyl (C=O) groups is 2. The molecule has 0 rings (SSSR count). The lowest BCUT2D eigenvalue weighted by atomic mass is 10.3. The molecule has 0 heterocycles. The highest BCUT2D eigenvalue weighted by Gasteiger charge is 2.16. The number of aliphatic carboxylic acids is 1. The molecule has 2 atom stereocenters. The molecule has 0 bridgehead atoms. The van der Waals surface area contributed by atoms with E-state index in [9.17, 15) is 9.59 Å². The summed E-state index contributed by atoms with van der Waals surface area (Å²) >= 11 is 5.37. The van der Waals surface area contributed by atoms with E-state index in [0.29, 0.717) is 0 Å². The molecule has 0 saturated carbocycles. The van der Waals surface area contributed by atoms with Gasteiger partial charge in [-0.05, 0) is 13.8 Å². The van der Waals surface area contributed by atoms with Crippen LogP contribution in [0.25, 0.3) is 0 Å². The summed E-state index contributed by atoms with van der Waals surface area (Å²) in [6.45, 7) is 2.85. The number of carboxylic acid groups (broad SMARTS) is 1. The molecule has 0 aromatic rings. The number of carboxylic acids is 1. The summed E-state index contributed by atoms with van der Waals surface area (Å²) in [7, 11) is 0. The lowest BCUT2D eigenvalue weighted by Gasteiger charge is -2.09. The number of alkyl halides is 1. The Bertz CT molecular complexity index is 169. The van der Waals surface area contributed by atoms with Crippen molar-refractivity contribution in [3.8, 4) is 0 Å². The van der Waals surface area contributed by atoms with Gasteiger partial charge in [0.15, 0.2) is 0 Å². The van der Waals surface area contributed by atoms with Crippen LogP contribution in [-0.2, 0) is 9.59 Å². The minimum absolute atomic E-state index is 0.471. The molecule has 0 unspecified atom stereocenters. The largest absolute Gasteiger partial charge is 0.480 e. The van der Waals surface area contributed by atoms with E-state index in [2.05, 4.69) is 5.32 Å². The molecule has 2 N–H and O–H groups in total. The van der Waals surface area contributed by atoms with Crippen molar-refractivity contribution >= 4 is 23.5 Å². The summed E-state index contributed by atoms with van der Waals surface area (Å²) in [4.78, 5) is 21.0. The predicted octanol–water partition coefficient (Wildman–Crippen LogP) is 0.203. The molecule has 64 valence electrons. The van der Waals surface area contributed by atoms with Crippen LogP contribution in [0, 0.1) is 0 Å². The van der Waals surface area contributed by atoms with E-state index < -0.39 is 23.3 Å². The average molecular weight is 180 g/mol. The number of halogens is 1. The van der Waals surface area contributed by atoms with Gasteiger partial charge in [0.1, 0.15) is 11.4 Å². The molecular weight excluding hydrogens is 170 g/mol. The Morgan fingerprint density at radius 2 is 1.91 bits per heavy atom. The van der Waals surface area contributed by atoms with Gasteiger partial charge in [0.05, 0.1) is 0 Å². The Hall–Kier alpha value is -0.770. The first-order valence-corrected chi connectivity index (χ1v) is 3.56. The second-order valence-electron chi connectivity index (χ2n) is 2.18. The van der Waals surface area contributed by atoms with Gasteiger partial charge < -0.3 is 10.4 Å². The number of carbonyl (C=O) groups excluding carboxylic acids is 1. The third kappa shape index (κ3) is 3.83. The van der Waals surface area contributed by atoms with Gasteiger partial charge in [0, 0.05) is 0 Å². The van der Waals surface area contributed by atoms with Crippen molar-refractivity contribution in [1.29, 1.82) is 0 Å². The molecule has 0 aromatic carbocycles. The van der Waals surface area contributed by atoms with Crippen LogP contribution >= 0.6 is 11.6 Å². The Balaban J connectivity index is 3.85. The molecule has 0 aliphatic heterocycles. The van der Waals surface area contributed by atoms with Crippen molar-refractivity contribution in [2.24, 2.45) is 0 Å². The highest BCUT2D eigenvalue weighted by Crippen LogP contribution is 1.93. The van der Waals surface area contributed by atoms with E-state index in [1.165, 1.54) is 13.8 Å². The fourth-order valence-electron chi connectivity index (χ4n) is 0.390. The van der Waals surface area contributed by atoms with Crippen LogP contribution in [0.2, 0.25) is 0 Å². The molecule has 1 amide bonds. The lowest BCUT2D eigenvalue weighted by Crippen LogP contribution is -2.41.